The van der Waals surface area contributed by atoms with Gasteiger partial charge in [0.1, 0.15) is 0 Å². The molecule has 1 heterocycles. The molecule has 2 N–H and O–H groups in total. The maximum atomic E-state index is 9.32. The Morgan fingerprint density at radius 3 is 2.60 bits per heavy atom. The highest BCUT2D eigenvalue weighted by Crippen LogP contribution is 2.40. The van der Waals surface area contributed by atoms with Crippen LogP contribution in [0.5, 0.6) is 0 Å². The molecule has 0 spiro atoms. The molecule has 1 unspecified atom stereocenters. The van der Waals surface area contributed by atoms with Gasteiger partial charge in [-0.05, 0) is 56.0 Å². The Balaban J connectivity index is 1.88. The third-order valence-corrected chi connectivity index (χ3v) is 5.45. The van der Waals surface area contributed by atoms with Crippen LogP contribution in [0.25, 0.3) is 0 Å². The van der Waals surface area contributed by atoms with Gasteiger partial charge in [0.15, 0.2) is 0 Å². The Hall–Kier alpha value is -0.120. The van der Waals surface area contributed by atoms with Crippen molar-refractivity contribution in [2.75, 3.05) is 39.3 Å². The fraction of sp³-hybridized carbons (Fsp3) is 1.00. The summed E-state index contributed by atoms with van der Waals surface area (Å²) in [6, 6.07) is 0. The molecule has 2 rings (SSSR count). The van der Waals surface area contributed by atoms with Gasteiger partial charge in [-0.25, -0.2) is 0 Å². The third-order valence-electron chi connectivity index (χ3n) is 5.45. The van der Waals surface area contributed by atoms with E-state index in [1.54, 1.807) is 0 Å². The fourth-order valence-electron chi connectivity index (χ4n) is 3.98. The summed E-state index contributed by atoms with van der Waals surface area (Å²) in [5, 5.41) is 13.0. The highest BCUT2D eigenvalue weighted by atomic mass is 16.3. The Kier molecular flexibility index (Phi) is 6.31. The summed E-state index contributed by atoms with van der Waals surface area (Å²) in [5.74, 6) is 1.44. The highest BCUT2D eigenvalue weighted by molar-refractivity contribution is 4.91. The lowest BCUT2D eigenvalue weighted by Crippen LogP contribution is -2.46. The molecule has 3 nitrogen and oxygen atoms in total. The molecule has 20 heavy (non-hydrogen) atoms. The van der Waals surface area contributed by atoms with Crippen molar-refractivity contribution in [1.29, 1.82) is 0 Å². The Morgan fingerprint density at radius 2 is 2.00 bits per heavy atom. The van der Waals surface area contributed by atoms with E-state index in [2.05, 4.69) is 24.1 Å². The molecule has 0 amide bonds. The number of aliphatic hydroxyl groups is 1. The summed E-state index contributed by atoms with van der Waals surface area (Å²) >= 11 is 0. The average molecular weight is 282 g/mol. The van der Waals surface area contributed by atoms with Gasteiger partial charge in [0.05, 0.1) is 0 Å². The number of nitrogens with one attached hydrogen (secondary N) is 1. The number of likely N-dealkylation sites (tertiary alicyclic amines) is 1. The van der Waals surface area contributed by atoms with E-state index in [4.69, 9.17) is 0 Å². The molecule has 118 valence electrons. The molecule has 3 heteroatoms. The number of hydrogen-bond donors (Lipinski definition) is 2. The summed E-state index contributed by atoms with van der Waals surface area (Å²) < 4.78 is 0. The lowest BCUT2D eigenvalue weighted by atomic mass is 9.70. The largest absolute Gasteiger partial charge is 0.396 e. The van der Waals surface area contributed by atoms with Crippen molar-refractivity contribution in [2.45, 2.75) is 52.4 Å². The molecule has 1 saturated carbocycles. The van der Waals surface area contributed by atoms with Gasteiger partial charge in [-0.3, -0.25) is 0 Å². The molecule has 1 saturated heterocycles. The van der Waals surface area contributed by atoms with Crippen molar-refractivity contribution in [3.8, 4) is 0 Å². The van der Waals surface area contributed by atoms with Crippen LogP contribution >= 0.6 is 0 Å². The van der Waals surface area contributed by atoms with E-state index in [0.29, 0.717) is 17.9 Å². The van der Waals surface area contributed by atoms with Gasteiger partial charge in [0, 0.05) is 26.2 Å². The zero-order valence-corrected chi connectivity index (χ0v) is 13.5. The van der Waals surface area contributed by atoms with Gasteiger partial charge in [-0.1, -0.05) is 26.7 Å². The third kappa shape index (κ3) is 4.44. The molecule has 1 aliphatic carbocycles. The summed E-state index contributed by atoms with van der Waals surface area (Å²) in [4.78, 5) is 2.62. The van der Waals surface area contributed by atoms with E-state index in [9.17, 15) is 5.11 Å². The predicted molar refractivity (Wildman–Crippen MR) is 84.9 cm³/mol. The highest BCUT2D eigenvalue weighted by Gasteiger charge is 2.37. The van der Waals surface area contributed by atoms with Crippen LogP contribution in [0.1, 0.15) is 52.4 Å². The van der Waals surface area contributed by atoms with E-state index in [-0.39, 0.29) is 0 Å². The smallest absolute Gasteiger partial charge is 0.0471 e. The number of hydrogen-bond acceptors (Lipinski definition) is 3. The summed E-state index contributed by atoms with van der Waals surface area (Å²) in [7, 11) is 0. The Bertz CT molecular complexity index is 274. The van der Waals surface area contributed by atoms with Crippen LogP contribution in [0.15, 0.2) is 0 Å². The minimum atomic E-state index is 0.370. The first kappa shape index (κ1) is 16.3. The topological polar surface area (TPSA) is 35.5 Å². The van der Waals surface area contributed by atoms with E-state index < -0.39 is 0 Å². The van der Waals surface area contributed by atoms with Crippen molar-refractivity contribution in [2.24, 2.45) is 17.3 Å². The van der Waals surface area contributed by atoms with Crippen LogP contribution in [-0.2, 0) is 0 Å². The van der Waals surface area contributed by atoms with Gasteiger partial charge >= 0.3 is 0 Å². The first-order chi connectivity index (χ1) is 9.67. The molecule has 1 atom stereocenters. The molecular weight excluding hydrogens is 248 g/mol. The molecule has 0 aromatic rings. The molecule has 1 aliphatic heterocycles. The summed E-state index contributed by atoms with van der Waals surface area (Å²) in [6.45, 7) is 10.9. The maximum absolute atomic E-state index is 9.32. The van der Waals surface area contributed by atoms with E-state index in [1.165, 1.54) is 58.2 Å². The van der Waals surface area contributed by atoms with Crippen molar-refractivity contribution in [3.05, 3.63) is 0 Å². The van der Waals surface area contributed by atoms with Gasteiger partial charge in [0.25, 0.3) is 0 Å². The number of aliphatic hydroxyl groups excluding tert-OH is 1. The van der Waals surface area contributed by atoms with Crippen LogP contribution < -0.4 is 5.32 Å². The quantitative estimate of drug-likeness (QED) is 0.704. The average Bonchev–Trinajstić information content (AvgIpc) is 2.90. The van der Waals surface area contributed by atoms with E-state index in [1.807, 2.05) is 0 Å². The van der Waals surface area contributed by atoms with E-state index in [0.717, 1.165) is 19.0 Å². The van der Waals surface area contributed by atoms with Gasteiger partial charge in [-0.2, -0.15) is 0 Å². The fourth-order valence-corrected chi connectivity index (χ4v) is 3.98. The van der Waals surface area contributed by atoms with Crippen molar-refractivity contribution >= 4 is 0 Å². The SMILES string of the molecule is CCCNCC1(CN2CCC(CO)C2)CCC(C)CC1. The molecule has 0 aromatic heterocycles. The van der Waals surface area contributed by atoms with Crippen molar-refractivity contribution < 1.29 is 5.11 Å². The van der Waals surface area contributed by atoms with Gasteiger partial charge in [-0.15, -0.1) is 0 Å². The van der Waals surface area contributed by atoms with E-state index >= 15 is 0 Å². The molecule has 2 fully saturated rings. The Labute approximate surface area is 125 Å². The van der Waals surface area contributed by atoms with Crippen LogP contribution in [0.2, 0.25) is 0 Å². The minimum Gasteiger partial charge on any atom is -0.396 e. The second kappa shape index (κ2) is 7.77. The second-order valence-corrected chi connectivity index (χ2v) is 7.43. The van der Waals surface area contributed by atoms with Crippen LogP contribution in [0, 0.1) is 17.3 Å². The first-order valence-corrected chi connectivity index (χ1v) is 8.71. The molecular formula is C17H34N2O. The molecule has 2 aliphatic rings. The van der Waals surface area contributed by atoms with Crippen LogP contribution in [0.3, 0.4) is 0 Å². The van der Waals surface area contributed by atoms with Crippen molar-refractivity contribution in [3.63, 3.8) is 0 Å². The zero-order valence-electron chi connectivity index (χ0n) is 13.5. The molecule has 0 bridgehead atoms. The lowest BCUT2D eigenvalue weighted by Gasteiger charge is -2.42. The van der Waals surface area contributed by atoms with Crippen LogP contribution in [-0.4, -0.2) is 49.3 Å². The summed E-state index contributed by atoms with van der Waals surface area (Å²) in [5.41, 5.74) is 0.492. The monoisotopic (exact) mass is 282 g/mol. The lowest BCUT2D eigenvalue weighted by molar-refractivity contribution is 0.0942. The Morgan fingerprint density at radius 1 is 1.25 bits per heavy atom. The number of nitrogens with zero attached hydrogens (tertiary/aromatic N) is 1. The molecule has 0 aromatic carbocycles. The van der Waals surface area contributed by atoms with Crippen molar-refractivity contribution in [1.82, 2.24) is 10.2 Å². The second-order valence-electron chi connectivity index (χ2n) is 7.43. The number of rotatable bonds is 7. The standard InChI is InChI=1S/C17H34N2O/c1-3-9-18-13-17(7-4-15(2)5-8-17)14-19-10-6-16(11-19)12-20/h15-16,18,20H,3-14H2,1-2H3. The summed E-state index contributed by atoms with van der Waals surface area (Å²) in [6.07, 6.45) is 7.96. The zero-order chi connectivity index (χ0) is 14.4. The maximum Gasteiger partial charge on any atom is 0.0471 e. The minimum absolute atomic E-state index is 0.370. The predicted octanol–water partition coefficient (Wildman–Crippen LogP) is 2.50. The molecule has 0 radical (unpaired) electrons. The normalized spacial score (nSPS) is 35.5. The van der Waals surface area contributed by atoms with Gasteiger partial charge in [0.2, 0.25) is 0 Å². The first-order valence-electron chi connectivity index (χ1n) is 8.71. The van der Waals surface area contributed by atoms with Crippen LogP contribution in [0.4, 0.5) is 0 Å². The van der Waals surface area contributed by atoms with Gasteiger partial charge < -0.3 is 15.3 Å².